The average Bonchev–Trinajstić information content (AvgIpc) is 3.29. The molecule has 13 heteroatoms. The maximum atomic E-state index is 9.55. The van der Waals surface area contributed by atoms with Gasteiger partial charge in [-0.15, -0.1) is 11.3 Å². The second-order valence-electron chi connectivity index (χ2n) is 8.80. The summed E-state index contributed by atoms with van der Waals surface area (Å²) in [5, 5.41) is 32.1. The van der Waals surface area contributed by atoms with Crippen molar-refractivity contribution in [2.45, 2.75) is 19.0 Å². The average molecular weight is 595 g/mol. The molecular weight excluding hydrogens is 564 g/mol. The Hall–Kier alpha value is -3.55. The Morgan fingerprint density at radius 1 is 0.925 bits per heavy atom. The molecule has 0 spiro atoms. The highest BCUT2D eigenvalue weighted by Gasteiger charge is 2.27. The molecule has 0 amide bonds. The largest absolute Gasteiger partial charge is 0.478 e. The molecule has 1 aromatic carbocycles. The van der Waals surface area contributed by atoms with Crippen molar-refractivity contribution in [3.63, 3.8) is 0 Å². The Balaban J connectivity index is 0.000000290. The first-order chi connectivity index (χ1) is 18.9. The highest BCUT2D eigenvalue weighted by atomic mass is 35.5. The van der Waals surface area contributed by atoms with Crippen LogP contribution in [0.1, 0.15) is 26.8 Å². The molecule has 0 radical (unpaired) electrons. The summed E-state index contributed by atoms with van der Waals surface area (Å²) in [6.45, 7) is 7.00. The maximum absolute atomic E-state index is 9.55. The molecule has 11 nitrogen and oxygen atoms in total. The molecule has 216 valence electrons. The number of carboxylic acid groups (broad SMARTS) is 4. The van der Waals surface area contributed by atoms with Gasteiger partial charge in [-0.3, -0.25) is 4.90 Å². The molecule has 4 rings (SSSR count). The van der Waals surface area contributed by atoms with E-state index in [1.54, 1.807) is 0 Å². The van der Waals surface area contributed by atoms with Gasteiger partial charge in [0.25, 0.3) is 0 Å². The molecule has 2 aliphatic heterocycles. The second kappa shape index (κ2) is 16.5. The number of fused-ring (bicyclic) bond motifs is 1. The number of carboxylic acids is 4. The summed E-state index contributed by atoms with van der Waals surface area (Å²) < 4.78 is 5.46. The van der Waals surface area contributed by atoms with E-state index < -0.39 is 23.9 Å². The maximum Gasteiger partial charge on any atom is 0.328 e. The lowest BCUT2D eigenvalue weighted by molar-refractivity contribution is -0.134. The first kappa shape index (κ1) is 32.7. The summed E-state index contributed by atoms with van der Waals surface area (Å²) in [4.78, 5) is 46.1. The van der Waals surface area contributed by atoms with E-state index in [9.17, 15) is 19.2 Å². The first-order valence-corrected chi connectivity index (χ1v) is 13.3. The Labute approximate surface area is 240 Å². The monoisotopic (exact) mass is 594 g/mol. The van der Waals surface area contributed by atoms with Crippen LogP contribution in [-0.2, 0) is 37.0 Å². The van der Waals surface area contributed by atoms with Gasteiger partial charge in [0.05, 0.1) is 13.2 Å². The standard InChI is InChI=1S/C19H23ClN2OS.2C4H4O4/c1-21-12-18(14-2-4-15(20)5-3-14)17-10-16(24-19(17)13-21)11-22-6-8-23-9-7-22;2*5-3(6)1-2-4(7)8/h2-5,10,18H,6-9,11-13H2,1H3;2*1-2H,(H,5,6)(H,7,8)/b;2*2-1+. The van der Waals surface area contributed by atoms with Crippen LogP contribution in [-0.4, -0.2) is 94.0 Å². The van der Waals surface area contributed by atoms with Crippen molar-refractivity contribution in [3.05, 3.63) is 80.5 Å². The molecule has 2 aliphatic rings. The number of hydrogen-bond acceptors (Lipinski definition) is 8. The number of aliphatic carboxylic acids is 4. The third kappa shape index (κ3) is 12.1. The van der Waals surface area contributed by atoms with E-state index in [0.717, 1.165) is 51.0 Å². The molecule has 0 bridgehead atoms. The minimum Gasteiger partial charge on any atom is -0.478 e. The number of ether oxygens (including phenoxy) is 1. The van der Waals surface area contributed by atoms with Crippen molar-refractivity contribution in [3.8, 4) is 0 Å². The Kier molecular flexibility index (Phi) is 13.5. The van der Waals surface area contributed by atoms with Crippen molar-refractivity contribution in [1.29, 1.82) is 0 Å². The molecule has 0 aliphatic carbocycles. The fourth-order valence-corrected chi connectivity index (χ4v) is 5.44. The topological polar surface area (TPSA) is 165 Å². The van der Waals surface area contributed by atoms with Gasteiger partial charge in [0, 0.05) is 77.7 Å². The van der Waals surface area contributed by atoms with Crippen molar-refractivity contribution in [2.75, 3.05) is 39.9 Å². The Bertz CT molecular complexity index is 1160. The zero-order chi connectivity index (χ0) is 29.7. The summed E-state index contributed by atoms with van der Waals surface area (Å²) in [5.41, 5.74) is 2.88. The first-order valence-electron chi connectivity index (χ1n) is 12.1. The van der Waals surface area contributed by atoms with E-state index >= 15 is 0 Å². The van der Waals surface area contributed by atoms with Gasteiger partial charge in [0.15, 0.2) is 0 Å². The highest BCUT2D eigenvalue weighted by Crippen LogP contribution is 2.38. The lowest BCUT2D eigenvalue weighted by atomic mass is 9.88. The van der Waals surface area contributed by atoms with Gasteiger partial charge < -0.3 is 30.1 Å². The minimum atomic E-state index is -1.26. The summed E-state index contributed by atoms with van der Waals surface area (Å²) >= 11 is 8.05. The molecule has 3 heterocycles. The number of carbonyl (C=O) groups is 4. The molecular formula is C27H31ClN2O9S. The number of nitrogens with zero attached hydrogens (tertiary/aromatic N) is 2. The third-order valence-corrected chi connectivity index (χ3v) is 7.04. The number of morpholine rings is 1. The van der Waals surface area contributed by atoms with Crippen LogP contribution in [0.3, 0.4) is 0 Å². The van der Waals surface area contributed by atoms with Gasteiger partial charge in [-0.1, -0.05) is 23.7 Å². The van der Waals surface area contributed by atoms with Crippen LogP contribution in [0, 0.1) is 0 Å². The summed E-state index contributed by atoms with van der Waals surface area (Å²) in [6, 6.07) is 10.8. The molecule has 1 atom stereocenters. The van der Waals surface area contributed by atoms with Crippen LogP contribution < -0.4 is 0 Å². The van der Waals surface area contributed by atoms with E-state index in [1.807, 2.05) is 23.5 Å². The molecule has 0 saturated carbocycles. The summed E-state index contributed by atoms with van der Waals surface area (Å²) in [7, 11) is 2.22. The number of halogens is 1. The second-order valence-corrected chi connectivity index (χ2v) is 10.5. The molecule has 2 aromatic rings. The van der Waals surface area contributed by atoms with E-state index in [4.69, 9.17) is 36.8 Å². The number of benzene rings is 1. The predicted octanol–water partition coefficient (Wildman–Crippen LogP) is 3.23. The molecule has 1 unspecified atom stereocenters. The van der Waals surface area contributed by atoms with Gasteiger partial charge in [-0.05, 0) is 36.4 Å². The van der Waals surface area contributed by atoms with Crippen molar-refractivity contribution in [1.82, 2.24) is 9.80 Å². The van der Waals surface area contributed by atoms with Gasteiger partial charge in [0.2, 0.25) is 0 Å². The quantitative estimate of drug-likeness (QED) is 0.348. The fourth-order valence-electron chi connectivity index (χ4n) is 3.96. The summed E-state index contributed by atoms with van der Waals surface area (Å²) in [6.07, 6.45) is 2.23. The lowest BCUT2D eigenvalue weighted by Crippen LogP contribution is -2.35. The van der Waals surface area contributed by atoms with Gasteiger partial charge in [-0.25, -0.2) is 19.2 Å². The lowest BCUT2D eigenvalue weighted by Gasteiger charge is -2.30. The smallest absolute Gasteiger partial charge is 0.328 e. The number of likely N-dealkylation sites (N-methyl/N-ethyl adjacent to an activating group) is 1. The molecule has 1 aromatic heterocycles. The third-order valence-electron chi connectivity index (χ3n) is 5.67. The van der Waals surface area contributed by atoms with Crippen LogP contribution >= 0.6 is 22.9 Å². The van der Waals surface area contributed by atoms with Crippen LogP contribution in [0.4, 0.5) is 0 Å². The number of rotatable bonds is 7. The van der Waals surface area contributed by atoms with Crippen LogP contribution in [0.25, 0.3) is 0 Å². The minimum absolute atomic E-state index is 0.450. The molecule has 40 heavy (non-hydrogen) atoms. The summed E-state index contributed by atoms with van der Waals surface area (Å²) in [5.74, 6) is -4.58. The van der Waals surface area contributed by atoms with Crippen molar-refractivity contribution < 1.29 is 44.3 Å². The van der Waals surface area contributed by atoms with Crippen LogP contribution in [0.15, 0.2) is 54.6 Å². The van der Waals surface area contributed by atoms with Crippen LogP contribution in [0.2, 0.25) is 5.02 Å². The zero-order valence-corrected chi connectivity index (χ0v) is 23.3. The van der Waals surface area contributed by atoms with Gasteiger partial charge in [0.1, 0.15) is 0 Å². The number of thiophene rings is 1. The van der Waals surface area contributed by atoms with Gasteiger partial charge in [-0.2, -0.15) is 0 Å². The van der Waals surface area contributed by atoms with Crippen LogP contribution in [0.5, 0.6) is 0 Å². The normalized spacial score (nSPS) is 17.3. The van der Waals surface area contributed by atoms with E-state index in [2.05, 4.69) is 35.0 Å². The number of hydrogen-bond donors (Lipinski definition) is 4. The zero-order valence-electron chi connectivity index (χ0n) is 21.7. The Morgan fingerprint density at radius 3 is 1.90 bits per heavy atom. The van der Waals surface area contributed by atoms with E-state index in [0.29, 0.717) is 30.2 Å². The highest BCUT2D eigenvalue weighted by molar-refractivity contribution is 7.12. The molecule has 4 N–H and O–H groups in total. The van der Waals surface area contributed by atoms with Gasteiger partial charge >= 0.3 is 23.9 Å². The SMILES string of the molecule is CN1Cc2sc(CN3CCOCC3)cc2C(c2ccc(Cl)cc2)C1.O=C(O)/C=C/C(=O)O.O=C(O)/C=C/C(=O)O. The van der Waals surface area contributed by atoms with E-state index in [1.165, 1.54) is 20.9 Å². The molecule has 1 fully saturated rings. The van der Waals surface area contributed by atoms with Crippen molar-refractivity contribution >= 4 is 46.8 Å². The van der Waals surface area contributed by atoms with Crippen molar-refractivity contribution in [2.24, 2.45) is 0 Å². The fraction of sp³-hybridized carbons (Fsp3) is 0.333. The predicted molar refractivity (Wildman–Crippen MR) is 149 cm³/mol. The molecule has 1 saturated heterocycles. The Morgan fingerprint density at radius 2 is 1.43 bits per heavy atom. The van der Waals surface area contributed by atoms with E-state index in [-0.39, 0.29) is 0 Å².